The largest absolute Gasteiger partial charge is 0.349 e. The SMILES string of the molecule is Cc1cc(C)n(-c2ccc(C(=O)NC3CCCCC3CN)cc2F)n1.Cl. The molecule has 2 unspecified atom stereocenters. The Labute approximate surface area is 159 Å². The fraction of sp³-hybridized carbons (Fsp3) is 0.474. The number of benzene rings is 1. The van der Waals surface area contributed by atoms with Crippen LogP contribution in [0.4, 0.5) is 4.39 Å². The van der Waals surface area contributed by atoms with Gasteiger partial charge in [0.1, 0.15) is 11.5 Å². The average Bonchev–Trinajstić information content (AvgIpc) is 2.93. The molecule has 3 rings (SSSR count). The van der Waals surface area contributed by atoms with E-state index in [0.717, 1.165) is 37.1 Å². The number of hydrogen-bond donors (Lipinski definition) is 2. The summed E-state index contributed by atoms with van der Waals surface area (Å²) in [7, 11) is 0. The predicted molar refractivity (Wildman–Crippen MR) is 103 cm³/mol. The lowest BCUT2D eigenvalue weighted by Crippen LogP contribution is -2.44. The first-order valence-electron chi connectivity index (χ1n) is 8.83. The quantitative estimate of drug-likeness (QED) is 0.854. The van der Waals surface area contributed by atoms with Crippen molar-refractivity contribution in [2.24, 2.45) is 11.7 Å². The fourth-order valence-corrected chi connectivity index (χ4v) is 3.62. The monoisotopic (exact) mass is 380 g/mol. The number of nitrogens with zero attached hydrogens (tertiary/aromatic N) is 2. The van der Waals surface area contributed by atoms with Gasteiger partial charge in [0.2, 0.25) is 0 Å². The van der Waals surface area contributed by atoms with Gasteiger partial charge < -0.3 is 11.1 Å². The number of hydrogen-bond acceptors (Lipinski definition) is 3. The van der Waals surface area contributed by atoms with Crippen molar-refractivity contribution >= 4 is 18.3 Å². The Morgan fingerprint density at radius 1 is 1.31 bits per heavy atom. The van der Waals surface area contributed by atoms with Crippen molar-refractivity contribution < 1.29 is 9.18 Å². The van der Waals surface area contributed by atoms with E-state index in [1.165, 1.54) is 6.07 Å². The van der Waals surface area contributed by atoms with Crippen LogP contribution in [0.15, 0.2) is 24.3 Å². The standard InChI is InChI=1S/C19H25FN4O.ClH/c1-12-9-13(2)24(23-12)18-8-7-14(10-16(18)20)19(25)22-17-6-4-3-5-15(17)11-21;/h7-10,15,17H,3-6,11,21H2,1-2H3,(H,22,25);1H. The van der Waals surface area contributed by atoms with Gasteiger partial charge in [0.25, 0.3) is 5.91 Å². The molecule has 1 fully saturated rings. The molecule has 1 saturated carbocycles. The maximum absolute atomic E-state index is 14.5. The number of amides is 1. The summed E-state index contributed by atoms with van der Waals surface area (Å²) in [5.74, 6) is -0.404. The van der Waals surface area contributed by atoms with E-state index in [2.05, 4.69) is 10.4 Å². The maximum atomic E-state index is 14.5. The van der Waals surface area contributed by atoms with Gasteiger partial charge in [-0.2, -0.15) is 5.10 Å². The van der Waals surface area contributed by atoms with Crippen LogP contribution in [0.1, 0.15) is 47.4 Å². The Morgan fingerprint density at radius 3 is 2.65 bits per heavy atom. The van der Waals surface area contributed by atoms with Crippen LogP contribution in [-0.4, -0.2) is 28.3 Å². The summed E-state index contributed by atoms with van der Waals surface area (Å²) < 4.78 is 16.1. The summed E-state index contributed by atoms with van der Waals surface area (Å²) in [6, 6.07) is 6.48. The van der Waals surface area contributed by atoms with Crippen molar-refractivity contribution in [2.45, 2.75) is 45.6 Å². The van der Waals surface area contributed by atoms with Gasteiger partial charge in [-0.05, 0) is 63.4 Å². The van der Waals surface area contributed by atoms with E-state index in [-0.39, 0.29) is 24.4 Å². The van der Waals surface area contributed by atoms with Gasteiger partial charge in [0.15, 0.2) is 0 Å². The highest BCUT2D eigenvalue weighted by atomic mass is 35.5. The van der Waals surface area contributed by atoms with Gasteiger partial charge in [0, 0.05) is 17.3 Å². The Balaban J connectivity index is 0.00000243. The topological polar surface area (TPSA) is 72.9 Å². The first kappa shape index (κ1) is 20.4. The predicted octanol–water partition coefficient (Wildman–Crippen LogP) is 3.30. The molecular weight excluding hydrogens is 355 g/mol. The summed E-state index contributed by atoms with van der Waals surface area (Å²) in [4.78, 5) is 12.5. The van der Waals surface area contributed by atoms with E-state index < -0.39 is 5.82 Å². The van der Waals surface area contributed by atoms with E-state index in [0.29, 0.717) is 23.7 Å². The van der Waals surface area contributed by atoms with Crippen molar-refractivity contribution in [1.82, 2.24) is 15.1 Å². The minimum atomic E-state index is -0.460. The molecule has 142 valence electrons. The summed E-state index contributed by atoms with van der Waals surface area (Å²) >= 11 is 0. The van der Waals surface area contributed by atoms with Gasteiger partial charge in [-0.15, -0.1) is 12.4 Å². The van der Waals surface area contributed by atoms with Gasteiger partial charge in [0.05, 0.1) is 5.69 Å². The smallest absolute Gasteiger partial charge is 0.251 e. The summed E-state index contributed by atoms with van der Waals surface area (Å²) in [6.07, 6.45) is 4.21. The fourth-order valence-electron chi connectivity index (χ4n) is 3.62. The van der Waals surface area contributed by atoms with Gasteiger partial charge >= 0.3 is 0 Å². The number of carbonyl (C=O) groups excluding carboxylic acids is 1. The molecule has 0 saturated heterocycles. The van der Waals surface area contributed by atoms with E-state index in [1.54, 1.807) is 16.8 Å². The molecule has 5 nitrogen and oxygen atoms in total. The van der Waals surface area contributed by atoms with Crippen LogP contribution in [0.2, 0.25) is 0 Å². The van der Waals surface area contributed by atoms with Crippen molar-refractivity contribution in [3.05, 3.63) is 47.0 Å². The summed E-state index contributed by atoms with van der Waals surface area (Å²) in [5.41, 5.74) is 8.15. The number of nitrogens with two attached hydrogens (primary N) is 1. The molecular formula is C19H26ClFN4O. The molecule has 3 N–H and O–H groups in total. The average molecular weight is 381 g/mol. The van der Waals surface area contributed by atoms with Crippen LogP contribution >= 0.6 is 12.4 Å². The molecule has 26 heavy (non-hydrogen) atoms. The molecule has 2 atom stereocenters. The number of aryl methyl sites for hydroxylation is 2. The minimum Gasteiger partial charge on any atom is -0.349 e. The molecule has 7 heteroatoms. The molecule has 0 radical (unpaired) electrons. The van der Waals surface area contributed by atoms with E-state index in [1.807, 2.05) is 19.9 Å². The number of aromatic nitrogens is 2. The van der Waals surface area contributed by atoms with Crippen LogP contribution in [0.25, 0.3) is 5.69 Å². The van der Waals surface area contributed by atoms with Crippen molar-refractivity contribution in [3.63, 3.8) is 0 Å². The third-order valence-electron chi connectivity index (χ3n) is 4.98. The Bertz CT molecular complexity index is 777. The number of nitrogens with one attached hydrogen (secondary N) is 1. The van der Waals surface area contributed by atoms with Gasteiger partial charge in [-0.1, -0.05) is 12.8 Å². The molecule has 1 amide bonds. The molecule has 1 aliphatic rings. The lowest BCUT2D eigenvalue weighted by atomic mass is 9.84. The summed E-state index contributed by atoms with van der Waals surface area (Å²) in [6.45, 7) is 4.30. The van der Waals surface area contributed by atoms with Crippen LogP contribution in [-0.2, 0) is 0 Å². The zero-order valence-corrected chi connectivity index (χ0v) is 16.0. The van der Waals surface area contributed by atoms with Crippen molar-refractivity contribution in [3.8, 4) is 5.69 Å². The number of rotatable bonds is 4. The Hall–Kier alpha value is -1.92. The first-order valence-corrected chi connectivity index (χ1v) is 8.83. The van der Waals surface area contributed by atoms with E-state index >= 15 is 0 Å². The van der Waals surface area contributed by atoms with E-state index in [9.17, 15) is 9.18 Å². The van der Waals surface area contributed by atoms with Crippen LogP contribution in [0.5, 0.6) is 0 Å². The van der Waals surface area contributed by atoms with Crippen LogP contribution in [0, 0.1) is 25.6 Å². The van der Waals surface area contributed by atoms with Gasteiger partial charge in [-0.3, -0.25) is 4.79 Å². The van der Waals surface area contributed by atoms with Crippen LogP contribution < -0.4 is 11.1 Å². The molecule has 1 aromatic heterocycles. The van der Waals surface area contributed by atoms with E-state index in [4.69, 9.17) is 5.73 Å². The molecule has 1 aliphatic carbocycles. The normalized spacial score (nSPS) is 19.7. The summed E-state index contributed by atoms with van der Waals surface area (Å²) in [5, 5.41) is 7.32. The maximum Gasteiger partial charge on any atom is 0.251 e. The lowest BCUT2D eigenvalue weighted by molar-refractivity contribution is 0.0907. The number of carbonyl (C=O) groups is 1. The zero-order chi connectivity index (χ0) is 18.0. The third-order valence-corrected chi connectivity index (χ3v) is 4.98. The van der Waals surface area contributed by atoms with Crippen LogP contribution in [0.3, 0.4) is 0 Å². The lowest BCUT2D eigenvalue weighted by Gasteiger charge is -2.31. The highest BCUT2D eigenvalue weighted by molar-refractivity contribution is 5.94. The molecule has 0 aliphatic heterocycles. The highest BCUT2D eigenvalue weighted by Gasteiger charge is 2.26. The van der Waals surface area contributed by atoms with Crippen molar-refractivity contribution in [2.75, 3.05) is 6.54 Å². The third kappa shape index (κ3) is 4.24. The minimum absolute atomic E-state index is 0. The molecule has 0 bridgehead atoms. The molecule has 2 aromatic rings. The molecule has 1 heterocycles. The second-order valence-electron chi connectivity index (χ2n) is 6.87. The zero-order valence-electron chi connectivity index (χ0n) is 15.2. The second kappa shape index (κ2) is 8.64. The second-order valence-corrected chi connectivity index (χ2v) is 6.87. The molecule has 1 aromatic carbocycles. The molecule has 0 spiro atoms. The van der Waals surface area contributed by atoms with Gasteiger partial charge in [-0.25, -0.2) is 9.07 Å². The Morgan fingerprint density at radius 2 is 2.04 bits per heavy atom. The Kier molecular flexibility index (Phi) is 6.78. The first-order chi connectivity index (χ1) is 12.0. The number of halogens is 2. The highest BCUT2D eigenvalue weighted by Crippen LogP contribution is 2.24. The van der Waals surface area contributed by atoms with Crippen molar-refractivity contribution in [1.29, 1.82) is 0 Å².